The quantitative estimate of drug-likeness (QED) is 0.799. The Labute approximate surface area is 146 Å². The molecule has 0 spiro atoms. The maximum atomic E-state index is 12.6. The van der Waals surface area contributed by atoms with Crippen LogP contribution in [0.5, 0.6) is 0 Å². The zero-order chi connectivity index (χ0) is 17.1. The molecule has 1 amide bonds. The lowest BCUT2D eigenvalue weighted by atomic mass is 9.97. The Morgan fingerprint density at radius 2 is 1.96 bits per heavy atom. The zero-order valence-corrected chi connectivity index (χ0v) is 13.8. The summed E-state index contributed by atoms with van der Waals surface area (Å²) in [7, 11) is 0. The van der Waals surface area contributed by atoms with Gasteiger partial charge in [-0.1, -0.05) is 42.5 Å². The summed E-state index contributed by atoms with van der Waals surface area (Å²) in [5.41, 5.74) is 3.15. The Morgan fingerprint density at radius 1 is 1.16 bits per heavy atom. The first-order chi connectivity index (χ1) is 12.3. The zero-order valence-electron chi connectivity index (χ0n) is 13.8. The first-order valence-electron chi connectivity index (χ1n) is 8.38. The maximum absolute atomic E-state index is 12.6. The minimum absolute atomic E-state index is 0.130. The van der Waals surface area contributed by atoms with Crippen molar-refractivity contribution in [3.63, 3.8) is 0 Å². The van der Waals surface area contributed by atoms with Gasteiger partial charge in [0.25, 0.3) is 5.91 Å². The van der Waals surface area contributed by atoms with E-state index in [9.17, 15) is 4.79 Å². The molecule has 1 unspecified atom stereocenters. The van der Waals surface area contributed by atoms with Crippen LogP contribution < -0.4 is 5.32 Å². The molecule has 2 heterocycles. The van der Waals surface area contributed by atoms with Gasteiger partial charge in [-0.2, -0.15) is 0 Å². The van der Waals surface area contributed by atoms with Crippen molar-refractivity contribution in [2.24, 2.45) is 0 Å². The third kappa shape index (κ3) is 3.19. The van der Waals surface area contributed by atoms with E-state index in [-0.39, 0.29) is 5.91 Å². The number of ether oxygens (including phenoxy) is 1. The molecule has 1 aliphatic rings. The van der Waals surface area contributed by atoms with E-state index in [0.717, 1.165) is 23.5 Å². The van der Waals surface area contributed by atoms with Crippen LogP contribution in [0, 0.1) is 0 Å². The van der Waals surface area contributed by atoms with Crippen molar-refractivity contribution in [1.82, 2.24) is 14.9 Å². The fourth-order valence-corrected chi connectivity index (χ4v) is 3.16. The van der Waals surface area contributed by atoms with Gasteiger partial charge in [-0.05, 0) is 29.7 Å². The molecule has 1 atom stereocenters. The van der Waals surface area contributed by atoms with Crippen LogP contribution in [0.4, 0.5) is 0 Å². The van der Waals surface area contributed by atoms with Crippen LogP contribution in [-0.4, -0.2) is 22.1 Å². The Morgan fingerprint density at radius 3 is 2.84 bits per heavy atom. The molecule has 0 fully saturated rings. The van der Waals surface area contributed by atoms with Crippen molar-refractivity contribution in [1.29, 1.82) is 0 Å². The van der Waals surface area contributed by atoms with Crippen molar-refractivity contribution in [3.05, 3.63) is 83.9 Å². The summed E-state index contributed by atoms with van der Waals surface area (Å²) >= 11 is 0. The van der Waals surface area contributed by atoms with Crippen LogP contribution in [0.1, 0.15) is 23.1 Å². The van der Waals surface area contributed by atoms with Crippen molar-refractivity contribution in [2.75, 3.05) is 6.61 Å². The summed E-state index contributed by atoms with van der Waals surface area (Å²) in [5, 5.41) is 2.96. The number of benzene rings is 2. The molecule has 0 saturated heterocycles. The average Bonchev–Trinajstić information content (AvgIpc) is 3.15. The van der Waals surface area contributed by atoms with Crippen molar-refractivity contribution in [3.8, 4) is 5.69 Å². The highest BCUT2D eigenvalue weighted by molar-refractivity contribution is 5.82. The van der Waals surface area contributed by atoms with Gasteiger partial charge in [0.05, 0.1) is 13.2 Å². The van der Waals surface area contributed by atoms with E-state index in [4.69, 9.17) is 4.74 Å². The lowest BCUT2D eigenvalue weighted by Crippen LogP contribution is -2.34. The number of rotatable bonds is 4. The summed E-state index contributed by atoms with van der Waals surface area (Å²) in [5.74, 6) is 0.651. The highest BCUT2D eigenvalue weighted by Crippen LogP contribution is 2.27. The van der Waals surface area contributed by atoms with E-state index in [1.54, 1.807) is 6.20 Å². The van der Waals surface area contributed by atoms with Gasteiger partial charge < -0.3 is 14.6 Å². The van der Waals surface area contributed by atoms with Crippen molar-refractivity contribution in [2.45, 2.75) is 19.1 Å². The summed E-state index contributed by atoms with van der Waals surface area (Å²) < 4.78 is 7.68. The van der Waals surface area contributed by atoms with Crippen LogP contribution in [0.25, 0.3) is 5.69 Å². The van der Waals surface area contributed by atoms with E-state index < -0.39 is 6.10 Å². The SMILES string of the molecule is O=C(NCc1nccn1-c1ccccc1)C1OCCc2ccccc21. The lowest BCUT2D eigenvalue weighted by Gasteiger charge is -2.25. The van der Waals surface area contributed by atoms with Gasteiger partial charge in [0, 0.05) is 18.1 Å². The van der Waals surface area contributed by atoms with Crippen LogP contribution in [-0.2, 0) is 22.5 Å². The summed E-state index contributed by atoms with van der Waals surface area (Å²) in [6, 6.07) is 17.9. The normalized spacial score (nSPS) is 16.2. The van der Waals surface area contributed by atoms with E-state index in [2.05, 4.69) is 16.4 Å². The molecular formula is C20H19N3O2. The molecule has 1 aromatic heterocycles. The smallest absolute Gasteiger partial charge is 0.254 e. The molecule has 0 bridgehead atoms. The van der Waals surface area contributed by atoms with Crippen LogP contribution in [0.2, 0.25) is 0 Å². The van der Waals surface area contributed by atoms with Gasteiger partial charge in [0.2, 0.25) is 0 Å². The predicted molar refractivity (Wildman–Crippen MR) is 94.2 cm³/mol. The second-order valence-electron chi connectivity index (χ2n) is 5.97. The molecule has 0 radical (unpaired) electrons. The molecule has 5 heteroatoms. The number of nitrogens with zero attached hydrogens (tertiary/aromatic N) is 2. The first kappa shape index (κ1) is 15.6. The number of hydrogen-bond acceptors (Lipinski definition) is 3. The Kier molecular flexibility index (Phi) is 4.31. The fourth-order valence-electron chi connectivity index (χ4n) is 3.16. The molecule has 2 aromatic carbocycles. The van der Waals surface area contributed by atoms with E-state index in [1.807, 2.05) is 59.3 Å². The first-order valence-corrected chi connectivity index (χ1v) is 8.38. The molecule has 126 valence electrons. The Bertz CT molecular complexity index is 873. The molecule has 0 saturated carbocycles. The number of imidazole rings is 1. The standard InChI is InChI=1S/C20H19N3O2/c24-20(19-17-9-5-4-6-15(17)10-13-25-19)22-14-18-21-11-12-23(18)16-7-2-1-3-8-16/h1-9,11-12,19H,10,13-14H2,(H,22,24). The number of nitrogens with one attached hydrogen (secondary N) is 1. The van der Waals surface area contributed by atoms with Crippen LogP contribution >= 0.6 is 0 Å². The highest BCUT2D eigenvalue weighted by Gasteiger charge is 2.27. The second-order valence-corrected chi connectivity index (χ2v) is 5.97. The fraction of sp³-hybridized carbons (Fsp3) is 0.200. The number of carbonyl (C=O) groups is 1. The molecule has 25 heavy (non-hydrogen) atoms. The molecule has 1 N–H and O–H groups in total. The maximum Gasteiger partial charge on any atom is 0.254 e. The summed E-state index contributed by atoms with van der Waals surface area (Å²) in [6.07, 6.45) is 3.92. The van der Waals surface area contributed by atoms with Gasteiger partial charge in [-0.15, -0.1) is 0 Å². The molecule has 4 rings (SSSR count). The van der Waals surface area contributed by atoms with Crippen molar-refractivity contribution >= 4 is 5.91 Å². The highest BCUT2D eigenvalue weighted by atomic mass is 16.5. The van der Waals surface area contributed by atoms with Gasteiger partial charge in [-0.3, -0.25) is 4.79 Å². The van der Waals surface area contributed by atoms with E-state index in [1.165, 1.54) is 5.56 Å². The lowest BCUT2D eigenvalue weighted by molar-refractivity contribution is -0.134. The molecule has 1 aliphatic heterocycles. The third-order valence-corrected chi connectivity index (χ3v) is 4.40. The van der Waals surface area contributed by atoms with Gasteiger partial charge in [0.1, 0.15) is 5.82 Å². The molecule has 3 aromatic rings. The Hall–Kier alpha value is -2.92. The third-order valence-electron chi connectivity index (χ3n) is 4.40. The number of para-hydroxylation sites is 1. The number of fused-ring (bicyclic) bond motifs is 1. The van der Waals surface area contributed by atoms with E-state index >= 15 is 0 Å². The van der Waals surface area contributed by atoms with Crippen LogP contribution in [0.15, 0.2) is 67.0 Å². The molecular weight excluding hydrogens is 314 g/mol. The topological polar surface area (TPSA) is 56.2 Å². The number of amides is 1. The molecule has 5 nitrogen and oxygen atoms in total. The number of hydrogen-bond donors (Lipinski definition) is 1. The van der Waals surface area contributed by atoms with Crippen LogP contribution in [0.3, 0.4) is 0 Å². The Balaban J connectivity index is 1.48. The molecule has 0 aliphatic carbocycles. The number of aromatic nitrogens is 2. The average molecular weight is 333 g/mol. The summed E-state index contributed by atoms with van der Waals surface area (Å²) in [4.78, 5) is 17.0. The van der Waals surface area contributed by atoms with Gasteiger partial charge in [0.15, 0.2) is 6.10 Å². The largest absolute Gasteiger partial charge is 0.363 e. The van der Waals surface area contributed by atoms with E-state index in [0.29, 0.717) is 13.2 Å². The van der Waals surface area contributed by atoms with Gasteiger partial charge >= 0.3 is 0 Å². The minimum atomic E-state index is -0.551. The predicted octanol–water partition coefficient (Wildman–Crippen LogP) is 2.80. The minimum Gasteiger partial charge on any atom is -0.363 e. The summed E-state index contributed by atoms with van der Waals surface area (Å²) in [6.45, 7) is 0.913. The number of carbonyl (C=O) groups excluding carboxylic acids is 1. The van der Waals surface area contributed by atoms with Gasteiger partial charge in [-0.25, -0.2) is 4.98 Å². The monoisotopic (exact) mass is 333 g/mol. The van der Waals surface area contributed by atoms with Crippen molar-refractivity contribution < 1.29 is 9.53 Å². The second kappa shape index (κ2) is 6.91.